The van der Waals surface area contributed by atoms with Gasteiger partial charge in [-0.05, 0) is 75.7 Å². The van der Waals surface area contributed by atoms with Crippen molar-refractivity contribution in [2.75, 3.05) is 13.1 Å². The number of nitrogens with zero attached hydrogens (tertiary/aromatic N) is 3. The molecule has 3 aliphatic heterocycles. The third-order valence-electron chi connectivity index (χ3n) is 7.68. The number of piperidine rings is 1. The Balaban J connectivity index is 1.47. The van der Waals surface area contributed by atoms with E-state index < -0.39 is 0 Å². The smallest absolute Gasteiger partial charge is 0.230 e. The minimum absolute atomic E-state index is 0.108. The van der Waals surface area contributed by atoms with Gasteiger partial charge in [0.05, 0.1) is 11.6 Å². The Kier molecular flexibility index (Phi) is 6.49. The molecule has 3 aliphatic rings. The molecule has 2 bridgehead atoms. The first-order chi connectivity index (χ1) is 14.5. The molecule has 1 aromatic heterocycles. The van der Waals surface area contributed by atoms with Crippen LogP contribution < -0.4 is 0 Å². The summed E-state index contributed by atoms with van der Waals surface area (Å²) in [7, 11) is 0. The van der Waals surface area contributed by atoms with Gasteiger partial charge in [-0.3, -0.25) is 14.7 Å². The Morgan fingerprint density at radius 1 is 1.23 bits per heavy atom. The van der Waals surface area contributed by atoms with Crippen LogP contribution in [0.3, 0.4) is 0 Å². The second-order valence-electron chi connectivity index (χ2n) is 10.2. The number of aryl methyl sites for hydroxylation is 1. The van der Waals surface area contributed by atoms with Gasteiger partial charge in [-0.1, -0.05) is 13.8 Å². The molecule has 166 valence electrons. The molecule has 0 unspecified atom stereocenters. The molecule has 0 radical (unpaired) electrons. The Bertz CT molecular complexity index is 726. The minimum atomic E-state index is -0.343. The van der Waals surface area contributed by atoms with Crippen molar-refractivity contribution in [3.8, 4) is 0 Å². The number of carbonyl (C=O) groups excluding carboxylic acids is 2. The van der Waals surface area contributed by atoms with Gasteiger partial charge >= 0.3 is 0 Å². The summed E-state index contributed by atoms with van der Waals surface area (Å²) in [5.41, 5.74) is 0.809. The fraction of sp³-hybridized carbons (Fsp3) is 0.792. The summed E-state index contributed by atoms with van der Waals surface area (Å²) in [5, 5.41) is 6.82. The van der Waals surface area contributed by atoms with Gasteiger partial charge in [-0.2, -0.15) is 5.10 Å². The normalized spacial score (nSPS) is 28.5. The molecule has 1 N–H and O–H groups in total. The lowest BCUT2D eigenvalue weighted by atomic mass is 9.68. The lowest BCUT2D eigenvalue weighted by molar-refractivity contribution is -0.147. The summed E-state index contributed by atoms with van der Waals surface area (Å²) in [6, 6.07) is 0.370. The van der Waals surface area contributed by atoms with E-state index in [-0.39, 0.29) is 23.4 Å². The van der Waals surface area contributed by atoms with E-state index in [1.165, 1.54) is 6.42 Å². The van der Waals surface area contributed by atoms with Crippen LogP contribution in [0.5, 0.6) is 0 Å². The van der Waals surface area contributed by atoms with E-state index in [1.807, 2.05) is 12.4 Å². The number of amides is 2. The number of rotatable bonds is 8. The molecule has 6 heteroatoms. The fourth-order valence-corrected chi connectivity index (χ4v) is 6.11. The molecule has 1 aromatic rings. The van der Waals surface area contributed by atoms with Crippen LogP contribution in [0.1, 0.15) is 83.6 Å². The quantitative estimate of drug-likeness (QED) is 0.701. The summed E-state index contributed by atoms with van der Waals surface area (Å²) in [4.78, 5) is 31.4. The van der Waals surface area contributed by atoms with E-state index in [0.717, 1.165) is 76.4 Å². The fourth-order valence-electron chi connectivity index (χ4n) is 6.11. The number of likely N-dealkylation sites (tertiary alicyclic amines) is 1. The third-order valence-corrected chi connectivity index (χ3v) is 7.68. The van der Waals surface area contributed by atoms with Crippen LogP contribution in [0.25, 0.3) is 0 Å². The van der Waals surface area contributed by atoms with Crippen LogP contribution in [0.15, 0.2) is 12.4 Å². The molecular weight excluding hydrogens is 376 g/mol. The lowest BCUT2D eigenvalue weighted by Gasteiger charge is -2.41. The first kappa shape index (κ1) is 21.4. The van der Waals surface area contributed by atoms with Gasteiger partial charge in [0.25, 0.3) is 0 Å². The predicted molar refractivity (Wildman–Crippen MR) is 117 cm³/mol. The first-order valence-corrected chi connectivity index (χ1v) is 12.1. The number of hydrogen-bond donors (Lipinski definition) is 1. The molecule has 4 rings (SSSR count). The second-order valence-corrected chi connectivity index (χ2v) is 10.2. The number of aromatic nitrogens is 2. The molecule has 4 heterocycles. The van der Waals surface area contributed by atoms with Crippen LogP contribution in [0.4, 0.5) is 0 Å². The van der Waals surface area contributed by atoms with E-state index in [2.05, 4.69) is 33.8 Å². The SMILES string of the molecule is CC(C)CC[C@]1(C(=O)N2CCCCC2)C[C@H]2CC[C@@H]1N2C(=O)CCCc1cn[nH]c1. The second kappa shape index (κ2) is 9.11. The highest BCUT2D eigenvalue weighted by molar-refractivity contribution is 5.87. The maximum Gasteiger partial charge on any atom is 0.230 e. The highest BCUT2D eigenvalue weighted by Crippen LogP contribution is 2.54. The van der Waals surface area contributed by atoms with E-state index in [0.29, 0.717) is 18.2 Å². The number of fused-ring (bicyclic) bond motifs is 2. The first-order valence-electron chi connectivity index (χ1n) is 12.1. The minimum Gasteiger partial charge on any atom is -0.342 e. The van der Waals surface area contributed by atoms with Crippen LogP contribution in [-0.4, -0.2) is 57.0 Å². The van der Waals surface area contributed by atoms with Crippen molar-refractivity contribution >= 4 is 11.8 Å². The van der Waals surface area contributed by atoms with Crippen LogP contribution >= 0.6 is 0 Å². The van der Waals surface area contributed by atoms with Gasteiger partial charge in [0, 0.05) is 37.8 Å². The zero-order valence-corrected chi connectivity index (χ0v) is 18.7. The Labute approximate surface area is 180 Å². The molecular formula is C24H38N4O2. The van der Waals surface area contributed by atoms with Crippen molar-refractivity contribution < 1.29 is 9.59 Å². The van der Waals surface area contributed by atoms with Gasteiger partial charge < -0.3 is 9.80 Å². The summed E-state index contributed by atoms with van der Waals surface area (Å²) in [6.45, 7) is 6.28. The zero-order valence-electron chi connectivity index (χ0n) is 18.7. The Morgan fingerprint density at radius 2 is 2.03 bits per heavy atom. The predicted octanol–water partition coefficient (Wildman–Crippen LogP) is 3.93. The topological polar surface area (TPSA) is 69.3 Å². The van der Waals surface area contributed by atoms with Crippen LogP contribution in [-0.2, 0) is 16.0 Å². The molecule has 3 fully saturated rings. The van der Waals surface area contributed by atoms with Crippen molar-refractivity contribution in [3.63, 3.8) is 0 Å². The molecule has 2 amide bonds. The van der Waals surface area contributed by atoms with Crippen molar-refractivity contribution in [3.05, 3.63) is 18.0 Å². The van der Waals surface area contributed by atoms with Gasteiger partial charge in [-0.25, -0.2) is 0 Å². The molecule has 0 saturated carbocycles. The molecule has 3 atom stereocenters. The zero-order chi connectivity index (χ0) is 21.1. The molecule has 0 spiro atoms. The van der Waals surface area contributed by atoms with Crippen molar-refractivity contribution in [1.82, 2.24) is 20.0 Å². The third kappa shape index (κ3) is 4.15. The van der Waals surface area contributed by atoms with Crippen LogP contribution in [0, 0.1) is 11.3 Å². The maximum atomic E-state index is 13.8. The van der Waals surface area contributed by atoms with Crippen molar-refractivity contribution in [2.45, 2.75) is 96.6 Å². The molecule has 30 heavy (non-hydrogen) atoms. The Hall–Kier alpha value is -1.85. The number of nitrogens with one attached hydrogen (secondary N) is 1. The van der Waals surface area contributed by atoms with Crippen LogP contribution in [0.2, 0.25) is 0 Å². The summed E-state index contributed by atoms with van der Waals surface area (Å²) in [5.74, 6) is 1.18. The molecule has 6 nitrogen and oxygen atoms in total. The monoisotopic (exact) mass is 414 g/mol. The molecule has 0 aliphatic carbocycles. The largest absolute Gasteiger partial charge is 0.342 e. The van der Waals surface area contributed by atoms with E-state index in [4.69, 9.17) is 0 Å². The summed E-state index contributed by atoms with van der Waals surface area (Å²) >= 11 is 0. The summed E-state index contributed by atoms with van der Waals surface area (Å²) in [6.07, 6.45) is 14.4. The highest BCUT2D eigenvalue weighted by atomic mass is 16.2. The Morgan fingerprint density at radius 3 is 2.73 bits per heavy atom. The number of hydrogen-bond acceptors (Lipinski definition) is 3. The van der Waals surface area contributed by atoms with E-state index >= 15 is 0 Å². The van der Waals surface area contributed by atoms with Gasteiger partial charge in [0.1, 0.15) is 0 Å². The maximum absolute atomic E-state index is 13.8. The number of H-pyrrole nitrogens is 1. The summed E-state index contributed by atoms with van der Waals surface area (Å²) < 4.78 is 0. The average Bonchev–Trinajstić information content (AvgIpc) is 3.48. The van der Waals surface area contributed by atoms with Gasteiger partial charge in [0.15, 0.2) is 0 Å². The standard InChI is InChI=1S/C24H38N4O2/c1-18(2)11-12-24(23(30)27-13-4-3-5-14-27)15-20-9-10-21(24)28(20)22(29)8-6-7-19-16-25-26-17-19/h16-18,20-21H,3-15H2,1-2H3,(H,25,26)/t20-,21+,24+/m1/s1. The highest BCUT2D eigenvalue weighted by Gasteiger charge is 2.61. The van der Waals surface area contributed by atoms with Gasteiger partial charge in [0.2, 0.25) is 11.8 Å². The molecule has 3 saturated heterocycles. The average molecular weight is 415 g/mol. The lowest BCUT2D eigenvalue weighted by Crippen LogP contribution is -2.52. The van der Waals surface area contributed by atoms with E-state index in [9.17, 15) is 9.59 Å². The molecule has 0 aromatic carbocycles. The van der Waals surface area contributed by atoms with Crippen molar-refractivity contribution in [1.29, 1.82) is 0 Å². The number of carbonyl (C=O) groups is 2. The van der Waals surface area contributed by atoms with Crippen molar-refractivity contribution in [2.24, 2.45) is 11.3 Å². The van der Waals surface area contributed by atoms with E-state index in [1.54, 1.807) is 0 Å². The van der Waals surface area contributed by atoms with Gasteiger partial charge in [-0.15, -0.1) is 0 Å². The number of aromatic amines is 1.